The number of hydrogen-bond acceptors (Lipinski definition) is 2. The van der Waals surface area contributed by atoms with Gasteiger partial charge in [-0.05, 0) is 25.7 Å². The van der Waals surface area contributed by atoms with E-state index < -0.39 is 11.4 Å². The average molecular weight is 183 g/mol. The summed E-state index contributed by atoms with van der Waals surface area (Å²) in [7, 11) is 0. The minimum absolute atomic E-state index is 0.463. The molecule has 0 radical (unpaired) electrons. The molecule has 1 N–H and O–H groups in total. The molecule has 2 aliphatic rings. The first kappa shape index (κ1) is 9.00. The number of rotatable bonds is 2. The minimum atomic E-state index is -0.643. The zero-order valence-electron chi connectivity index (χ0n) is 8.29. The molecule has 1 aliphatic heterocycles. The summed E-state index contributed by atoms with van der Waals surface area (Å²) in [6, 6.07) is 0.674. The highest BCUT2D eigenvalue weighted by molar-refractivity contribution is 5.76. The normalized spacial score (nSPS) is 37.7. The lowest BCUT2D eigenvalue weighted by molar-refractivity contribution is -0.164. The Morgan fingerprint density at radius 1 is 1.46 bits per heavy atom. The molecule has 2 rings (SSSR count). The molecule has 0 aromatic rings. The molecule has 13 heavy (non-hydrogen) atoms. The van der Waals surface area contributed by atoms with Gasteiger partial charge in [-0.15, -0.1) is 0 Å². The van der Waals surface area contributed by atoms with Gasteiger partial charge in [0.2, 0.25) is 0 Å². The SMILES string of the molecule is CC1CCC1N1CC(C)(C(=O)O)C1. The molecular formula is C10H17NO2. The Bertz CT molecular complexity index is 233. The molecule has 3 nitrogen and oxygen atoms in total. The molecule has 1 saturated carbocycles. The average Bonchev–Trinajstić information content (AvgIpc) is 1.98. The predicted molar refractivity (Wildman–Crippen MR) is 49.5 cm³/mol. The molecule has 2 unspecified atom stereocenters. The predicted octanol–water partition coefficient (Wildman–Crippen LogP) is 1.19. The Morgan fingerprint density at radius 2 is 2.08 bits per heavy atom. The van der Waals surface area contributed by atoms with Gasteiger partial charge in [0.15, 0.2) is 0 Å². The van der Waals surface area contributed by atoms with Crippen LogP contribution in [0.15, 0.2) is 0 Å². The first-order valence-electron chi connectivity index (χ1n) is 5.00. The van der Waals surface area contributed by atoms with E-state index >= 15 is 0 Å². The highest BCUT2D eigenvalue weighted by Crippen LogP contribution is 2.40. The van der Waals surface area contributed by atoms with E-state index in [9.17, 15) is 4.79 Å². The van der Waals surface area contributed by atoms with Crippen molar-refractivity contribution in [3.63, 3.8) is 0 Å². The van der Waals surface area contributed by atoms with Crippen LogP contribution in [-0.4, -0.2) is 35.1 Å². The molecule has 1 heterocycles. The number of carboxylic acid groups (broad SMARTS) is 1. The molecule has 0 spiro atoms. The summed E-state index contributed by atoms with van der Waals surface area (Å²) in [6.45, 7) is 5.59. The molecular weight excluding hydrogens is 166 g/mol. The summed E-state index contributed by atoms with van der Waals surface area (Å²) in [4.78, 5) is 13.2. The van der Waals surface area contributed by atoms with Crippen molar-refractivity contribution < 1.29 is 9.90 Å². The molecule has 0 bridgehead atoms. The summed E-state index contributed by atoms with van der Waals surface area (Å²) >= 11 is 0. The molecule has 2 fully saturated rings. The van der Waals surface area contributed by atoms with Crippen LogP contribution in [0.3, 0.4) is 0 Å². The maximum absolute atomic E-state index is 10.8. The maximum atomic E-state index is 10.8. The molecule has 1 aliphatic carbocycles. The Morgan fingerprint density at radius 3 is 2.38 bits per heavy atom. The van der Waals surface area contributed by atoms with Crippen molar-refractivity contribution in [2.75, 3.05) is 13.1 Å². The molecule has 74 valence electrons. The van der Waals surface area contributed by atoms with Crippen LogP contribution < -0.4 is 0 Å². The number of hydrogen-bond donors (Lipinski definition) is 1. The Hall–Kier alpha value is -0.570. The van der Waals surface area contributed by atoms with Gasteiger partial charge in [-0.2, -0.15) is 0 Å². The van der Waals surface area contributed by atoms with E-state index in [2.05, 4.69) is 11.8 Å². The van der Waals surface area contributed by atoms with E-state index in [0.717, 1.165) is 19.0 Å². The van der Waals surface area contributed by atoms with E-state index in [4.69, 9.17) is 5.11 Å². The van der Waals surface area contributed by atoms with Crippen molar-refractivity contribution >= 4 is 5.97 Å². The maximum Gasteiger partial charge on any atom is 0.311 e. The smallest absolute Gasteiger partial charge is 0.311 e. The lowest BCUT2D eigenvalue weighted by atomic mass is 9.73. The first-order chi connectivity index (χ1) is 6.03. The van der Waals surface area contributed by atoms with Gasteiger partial charge in [-0.25, -0.2) is 0 Å². The van der Waals surface area contributed by atoms with Crippen molar-refractivity contribution in [2.45, 2.75) is 32.7 Å². The largest absolute Gasteiger partial charge is 0.481 e. The number of carbonyl (C=O) groups is 1. The molecule has 3 heteroatoms. The molecule has 0 aromatic heterocycles. The van der Waals surface area contributed by atoms with Gasteiger partial charge in [0.1, 0.15) is 0 Å². The van der Waals surface area contributed by atoms with Crippen LogP contribution in [0.4, 0.5) is 0 Å². The van der Waals surface area contributed by atoms with E-state index in [-0.39, 0.29) is 0 Å². The third-order valence-electron chi connectivity index (χ3n) is 3.66. The third-order valence-corrected chi connectivity index (χ3v) is 3.66. The Balaban J connectivity index is 1.87. The van der Waals surface area contributed by atoms with Crippen molar-refractivity contribution in [3.8, 4) is 0 Å². The van der Waals surface area contributed by atoms with Crippen molar-refractivity contribution in [1.82, 2.24) is 4.90 Å². The van der Waals surface area contributed by atoms with Gasteiger partial charge in [-0.3, -0.25) is 9.69 Å². The fourth-order valence-corrected chi connectivity index (χ4v) is 2.41. The second-order valence-corrected chi connectivity index (χ2v) is 4.89. The van der Waals surface area contributed by atoms with Gasteiger partial charge in [0.25, 0.3) is 0 Å². The van der Waals surface area contributed by atoms with E-state index in [0.29, 0.717) is 6.04 Å². The van der Waals surface area contributed by atoms with Crippen molar-refractivity contribution in [3.05, 3.63) is 0 Å². The number of carboxylic acids is 1. The van der Waals surface area contributed by atoms with Crippen LogP contribution in [0.25, 0.3) is 0 Å². The molecule has 0 aromatic carbocycles. The summed E-state index contributed by atoms with van der Waals surface area (Å²) in [5.41, 5.74) is -0.463. The monoisotopic (exact) mass is 183 g/mol. The standard InChI is InChI=1S/C10H17NO2/c1-7-3-4-8(7)11-5-10(2,6-11)9(12)13/h7-8H,3-6H2,1-2H3,(H,12,13). The van der Waals surface area contributed by atoms with Gasteiger partial charge in [-0.1, -0.05) is 6.92 Å². The van der Waals surface area contributed by atoms with Crippen LogP contribution >= 0.6 is 0 Å². The molecule has 1 saturated heterocycles. The lowest BCUT2D eigenvalue weighted by Crippen LogP contribution is -2.64. The number of aliphatic carboxylic acids is 1. The zero-order valence-corrected chi connectivity index (χ0v) is 8.29. The Labute approximate surface area is 78.7 Å². The van der Waals surface area contributed by atoms with E-state index in [1.165, 1.54) is 12.8 Å². The van der Waals surface area contributed by atoms with Gasteiger partial charge in [0, 0.05) is 19.1 Å². The van der Waals surface area contributed by atoms with E-state index in [1.54, 1.807) is 0 Å². The topological polar surface area (TPSA) is 40.5 Å². The quantitative estimate of drug-likeness (QED) is 0.699. The second kappa shape index (κ2) is 2.71. The highest BCUT2D eigenvalue weighted by Gasteiger charge is 2.49. The van der Waals surface area contributed by atoms with Crippen molar-refractivity contribution in [2.24, 2.45) is 11.3 Å². The summed E-state index contributed by atoms with van der Waals surface area (Å²) in [5.74, 6) is 0.133. The van der Waals surface area contributed by atoms with Crippen LogP contribution in [0.5, 0.6) is 0 Å². The lowest BCUT2D eigenvalue weighted by Gasteiger charge is -2.54. The highest BCUT2D eigenvalue weighted by atomic mass is 16.4. The molecule has 0 amide bonds. The van der Waals surface area contributed by atoms with Crippen LogP contribution in [0.1, 0.15) is 26.7 Å². The van der Waals surface area contributed by atoms with Crippen LogP contribution in [0.2, 0.25) is 0 Å². The summed E-state index contributed by atoms with van der Waals surface area (Å²) in [5, 5.41) is 8.92. The van der Waals surface area contributed by atoms with Crippen LogP contribution in [0, 0.1) is 11.3 Å². The van der Waals surface area contributed by atoms with Gasteiger partial charge in [0.05, 0.1) is 5.41 Å². The number of nitrogens with zero attached hydrogens (tertiary/aromatic N) is 1. The minimum Gasteiger partial charge on any atom is -0.481 e. The fourth-order valence-electron chi connectivity index (χ4n) is 2.41. The third kappa shape index (κ3) is 1.26. The number of likely N-dealkylation sites (tertiary alicyclic amines) is 1. The summed E-state index contributed by atoms with van der Waals surface area (Å²) in [6.07, 6.45) is 2.57. The fraction of sp³-hybridized carbons (Fsp3) is 0.900. The summed E-state index contributed by atoms with van der Waals surface area (Å²) < 4.78 is 0. The second-order valence-electron chi connectivity index (χ2n) is 4.89. The van der Waals surface area contributed by atoms with Gasteiger partial charge >= 0.3 is 5.97 Å². The van der Waals surface area contributed by atoms with Gasteiger partial charge < -0.3 is 5.11 Å². The molecule has 2 atom stereocenters. The first-order valence-corrected chi connectivity index (χ1v) is 5.00. The zero-order chi connectivity index (χ0) is 9.64. The van der Waals surface area contributed by atoms with Crippen LogP contribution in [-0.2, 0) is 4.79 Å². The Kier molecular flexibility index (Phi) is 1.88. The van der Waals surface area contributed by atoms with Crippen molar-refractivity contribution in [1.29, 1.82) is 0 Å². The van der Waals surface area contributed by atoms with E-state index in [1.807, 2.05) is 6.92 Å².